The fourth-order valence-electron chi connectivity index (χ4n) is 6.39. The molecular weight excluding hydrogens is 450 g/mol. The Balaban J connectivity index is 1.91. The van der Waals surface area contributed by atoms with Crippen molar-refractivity contribution in [2.24, 2.45) is 11.8 Å². The van der Waals surface area contributed by atoms with Gasteiger partial charge in [0.15, 0.2) is 0 Å². The molecule has 1 unspecified atom stereocenters. The molecular formula is C26H39N3O4S. The standard InChI is InChI=1S/C26H39N3O4S/c1-7-13-27-14-9-11-25(6)18(21(27)31)19-22(32)29(17(8-2)16-30)20-23(33)28(24(3,4)5)15-10-12-26(19,20)34-25/h9-12,17-20,30H,7-8,13-16H2,1-6H3/t17-,18+,19-,20?,25-,26-/m0/s1. The van der Waals surface area contributed by atoms with Crippen LogP contribution in [0.5, 0.6) is 0 Å². The highest BCUT2D eigenvalue weighted by molar-refractivity contribution is 8.02. The fourth-order valence-corrected chi connectivity index (χ4v) is 8.54. The van der Waals surface area contributed by atoms with Crippen LogP contribution in [-0.4, -0.2) is 90.9 Å². The van der Waals surface area contributed by atoms with Crippen LogP contribution in [0.2, 0.25) is 0 Å². The molecule has 0 radical (unpaired) electrons. The van der Waals surface area contributed by atoms with Crippen molar-refractivity contribution in [3.63, 3.8) is 0 Å². The van der Waals surface area contributed by atoms with E-state index in [9.17, 15) is 19.5 Å². The first-order chi connectivity index (χ1) is 16.0. The molecule has 8 heteroatoms. The predicted octanol–water partition coefficient (Wildman–Crippen LogP) is 2.45. The molecule has 188 valence electrons. The highest BCUT2D eigenvalue weighted by atomic mass is 32.2. The van der Waals surface area contributed by atoms with Crippen molar-refractivity contribution >= 4 is 29.5 Å². The summed E-state index contributed by atoms with van der Waals surface area (Å²) < 4.78 is -1.45. The van der Waals surface area contributed by atoms with Gasteiger partial charge in [-0.3, -0.25) is 14.4 Å². The van der Waals surface area contributed by atoms with Gasteiger partial charge in [-0.15, -0.1) is 11.8 Å². The summed E-state index contributed by atoms with van der Waals surface area (Å²) in [6, 6.07) is -1.22. The third-order valence-electron chi connectivity index (χ3n) is 7.96. The summed E-state index contributed by atoms with van der Waals surface area (Å²) in [6.07, 6.45) is 9.57. The zero-order valence-electron chi connectivity index (χ0n) is 21.3. The summed E-state index contributed by atoms with van der Waals surface area (Å²) in [7, 11) is 0. The number of amides is 3. The second-order valence-electron chi connectivity index (χ2n) is 11.2. The highest BCUT2D eigenvalue weighted by Gasteiger charge is 2.74. The summed E-state index contributed by atoms with van der Waals surface area (Å²) in [5.74, 6) is -1.50. The van der Waals surface area contributed by atoms with E-state index in [4.69, 9.17) is 0 Å². The molecule has 0 aliphatic carbocycles. The van der Waals surface area contributed by atoms with Crippen molar-refractivity contribution in [3.8, 4) is 0 Å². The van der Waals surface area contributed by atoms with Crippen molar-refractivity contribution in [1.82, 2.24) is 14.7 Å². The molecule has 3 amide bonds. The summed E-state index contributed by atoms with van der Waals surface area (Å²) in [5, 5.41) is 10.2. The lowest BCUT2D eigenvalue weighted by molar-refractivity contribution is -0.149. The molecule has 4 aliphatic rings. The van der Waals surface area contributed by atoms with Crippen molar-refractivity contribution in [2.75, 3.05) is 26.2 Å². The van der Waals surface area contributed by atoms with E-state index in [1.54, 1.807) is 16.7 Å². The zero-order valence-corrected chi connectivity index (χ0v) is 22.1. The van der Waals surface area contributed by atoms with E-state index in [-0.39, 0.29) is 24.3 Å². The number of rotatable bonds is 5. The molecule has 2 saturated heterocycles. The molecule has 1 N–H and O–H groups in total. The molecule has 0 aromatic carbocycles. The van der Waals surface area contributed by atoms with E-state index in [0.29, 0.717) is 26.1 Å². The molecule has 4 rings (SSSR count). The number of aliphatic hydroxyl groups excluding tert-OH is 1. The molecule has 0 bridgehead atoms. The summed E-state index contributed by atoms with van der Waals surface area (Å²) in [6.45, 7) is 13.4. The molecule has 34 heavy (non-hydrogen) atoms. The van der Waals surface area contributed by atoms with Crippen LogP contribution >= 0.6 is 11.8 Å². The van der Waals surface area contributed by atoms with E-state index in [1.165, 1.54) is 0 Å². The maximum Gasteiger partial charge on any atom is 0.247 e. The van der Waals surface area contributed by atoms with Crippen LogP contribution in [0.4, 0.5) is 0 Å². The third-order valence-corrected chi connectivity index (χ3v) is 9.75. The molecule has 6 atom stereocenters. The van der Waals surface area contributed by atoms with E-state index < -0.39 is 39.0 Å². The van der Waals surface area contributed by atoms with Gasteiger partial charge in [0.2, 0.25) is 17.7 Å². The maximum atomic E-state index is 14.2. The van der Waals surface area contributed by atoms with Gasteiger partial charge in [0.25, 0.3) is 0 Å². The Hall–Kier alpha value is -1.80. The van der Waals surface area contributed by atoms with E-state index >= 15 is 0 Å². The minimum Gasteiger partial charge on any atom is -0.394 e. The average molecular weight is 490 g/mol. The molecule has 0 saturated carbocycles. The quantitative estimate of drug-likeness (QED) is 0.600. The Morgan fingerprint density at radius 2 is 1.74 bits per heavy atom. The number of thioether (sulfide) groups is 1. The van der Waals surface area contributed by atoms with Gasteiger partial charge in [0.05, 0.1) is 29.2 Å². The summed E-state index contributed by atoms with van der Waals surface area (Å²) in [4.78, 5) is 47.7. The summed E-state index contributed by atoms with van der Waals surface area (Å²) in [5.41, 5.74) is -0.425. The van der Waals surface area contributed by atoms with Crippen LogP contribution < -0.4 is 0 Å². The Bertz CT molecular complexity index is 923. The van der Waals surface area contributed by atoms with E-state index in [0.717, 1.165) is 6.42 Å². The van der Waals surface area contributed by atoms with Crippen LogP contribution in [0.15, 0.2) is 24.3 Å². The Morgan fingerprint density at radius 1 is 1.06 bits per heavy atom. The molecule has 1 spiro atoms. The number of nitrogens with zero attached hydrogens (tertiary/aromatic N) is 3. The van der Waals surface area contributed by atoms with E-state index in [1.807, 2.05) is 69.6 Å². The van der Waals surface area contributed by atoms with Crippen molar-refractivity contribution in [1.29, 1.82) is 0 Å². The van der Waals surface area contributed by atoms with E-state index in [2.05, 4.69) is 6.08 Å². The number of fused-ring (bicyclic) bond motifs is 2. The van der Waals surface area contributed by atoms with Gasteiger partial charge in [0.1, 0.15) is 6.04 Å². The smallest absolute Gasteiger partial charge is 0.247 e. The summed E-state index contributed by atoms with van der Waals surface area (Å²) >= 11 is 1.60. The Labute approximate surface area is 207 Å². The SMILES string of the molecule is CCCN1CC=C[C@]2(C)S[C@]34C=CCN(C(C)(C)C)C(=O)C3N([C@@H](CC)CO)C(=O)[C@@H]4[C@@H]2C1=O. The molecule has 4 aliphatic heterocycles. The second-order valence-corrected chi connectivity index (χ2v) is 13.0. The van der Waals surface area contributed by atoms with Crippen molar-refractivity contribution < 1.29 is 19.5 Å². The number of hydrogen-bond acceptors (Lipinski definition) is 5. The van der Waals surface area contributed by atoms with Gasteiger partial charge in [-0.1, -0.05) is 38.2 Å². The van der Waals surface area contributed by atoms with Crippen LogP contribution in [-0.2, 0) is 14.4 Å². The van der Waals surface area contributed by atoms with Crippen LogP contribution in [0, 0.1) is 11.8 Å². The number of aliphatic hydroxyl groups is 1. The van der Waals surface area contributed by atoms with Crippen LogP contribution in [0.1, 0.15) is 54.4 Å². The maximum absolute atomic E-state index is 14.2. The van der Waals surface area contributed by atoms with Crippen LogP contribution in [0.3, 0.4) is 0 Å². The predicted molar refractivity (Wildman–Crippen MR) is 134 cm³/mol. The molecule has 7 nitrogen and oxygen atoms in total. The topological polar surface area (TPSA) is 81.2 Å². The van der Waals surface area contributed by atoms with Crippen molar-refractivity contribution in [2.45, 2.75) is 81.5 Å². The van der Waals surface area contributed by atoms with Gasteiger partial charge in [-0.25, -0.2) is 0 Å². The second kappa shape index (κ2) is 8.70. The Kier molecular flexibility index (Phi) is 6.47. The fraction of sp³-hybridized carbons (Fsp3) is 0.731. The van der Waals surface area contributed by atoms with Gasteiger partial charge in [0, 0.05) is 29.9 Å². The largest absolute Gasteiger partial charge is 0.394 e. The number of carbonyl (C=O) groups excluding carboxylic acids is 3. The molecule has 0 aromatic rings. The van der Waals surface area contributed by atoms with Crippen molar-refractivity contribution in [3.05, 3.63) is 24.3 Å². The number of carbonyl (C=O) groups is 3. The third kappa shape index (κ3) is 3.55. The molecule has 4 heterocycles. The van der Waals surface area contributed by atoms with Gasteiger partial charge < -0.3 is 19.8 Å². The molecule has 2 fully saturated rings. The monoisotopic (exact) mass is 489 g/mol. The Morgan fingerprint density at radius 3 is 2.32 bits per heavy atom. The first-order valence-electron chi connectivity index (χ1n) is 12.6. The zero-order chi connectivity index (χ0) is 25.1. The lowest BCUT2D eigenvalue weighted by Crippen LogP contribution is -2.59. The van der Waals surface area contributed by atoms with Crippen LogP contribution in [0.25, 0.3) is 0 Å². The first-order valence-corrected chi connectivity index (χ1v) is 13.4. The lowest BCUT2D eigenvalue weighted by atomic mass is 9.74. The first kappa shape index (κ1) is 25.3. The van der Waals surface area contributed by atoms with Gasteiger partial charge >= 0.3 is 0 Å². The molecule has 0 aromatic heterocycles. The number of hydrogen-bond donors (Lipinski definition) is 1. The highest BCUT2D eigenvalue weighted by Crippen LogP contribution is 2.66. The lowest BCUT2D eigenvalue weighted by Gasteiger charge is -2.42. The minimum atomic E-state index is -0.856. The van der Waals surface area contributed by atoms with Gasteiger partial charge in [-0.05, 0) is 40.5 Å². The minimum absolute atomic E-state index is 0.00695. The van der Waals surface area contributed by atoms with Gasteiger partial charge in [-0.2, -0.15) is 0 Å². The normalized spacial score (nSPS) is 36.4. The average Bonchev–Trinajstić information content (AvgIpc) is 3.02. The number of likely N-dealkylation sites (tertiary alicyclic amines) is 1.